The molecule has 138 valence electrons. The van der Waals surface area contributed by atoms with Gasteiger partial charge in [-0.15, -0.1) is 0 Å². The van der Waals surface area contributed by atoms with Gasteiger partial charge in [-0.2, -0.15) is 5.10 Å². The van der Waals surface area contributed by atoms with Crippen LogP contribution in [0.25, 0.3) is 11.3 Å². The molecule has 5 heteroatoms. The van der Waals surface area contributed by atoms with Gasteiger partial charge in [0.25, 0.3) is 5.56 Å². The molecule has 1 heterocycles. The summed E-state index contributed by atoms with van der Waals surface area (Å²) in [5.41, 5.74) is 1.61. The van der Waals surface area contributed by atoms with Crippen molar-refractivity contribution in [2.45, 2.75) is 58.0 Å². The van der Waals surface area contributed by atoms with Gasteiger partial charge in [0.15, 0.2) is 0 Å². The van der Waals surface area contributed by atoms with E-state index < -0.39 is 0 Å². The number of hydrogen-bond donors (Lipinski definition) is 1. The zero-order valence-corrected chi connectivity index (χ0v) is 15.4. The second kappa shape index (κ2) is 8.79. The molecule has 26 heavy (non-hydrogen) atoms. The number of carbonyl (C=O) groups excluding carboxylic acids is 1. The van der Waals surface area contributed by atoms with Crippen molar-refractivity contribution in [2.24, 2.45) is 5.92 Å². The summed E-state index contributed by atoms with van der Waals surface area (Å²) in [6.45, 7) is 2.66. The molecule has 1 aliphatic carbocycles. The SMILES string of the molecule is CC1CCCCC1NC(=O)CCCn1nc(-c2ccccc2)ccc1=O. The molecule has 0 bridgehead atoms. The Balaban J connectivity index is 1.54. The third kappa shape index (κ3) is 4.81. The van der Waals surface area contributed by atoms with Crippen molar-refractivity contribution in [1.29, 1.82) is 0 Å². The molecule has 2 atom stereocenters. The van der Waals surface area contributed by atoms with E-state index in [0.717, 1.165) is 17.7 Å². The third-order valence-corrected chi connectivity index (χ3v) is 5.17. The Morgan fingerprint density at radius 3 is 2.69 bits per heavy atom. The summed E-state index contributed by atoms with van der Waals surface area (Å²) in [5, 5.41) is 7.60. The van der Waals surface area contributed by atoms with Gasteiger partial charge < -0.3 is 5.32 Å². The lowest BCUT2D eigenvalue weighted by molar-refractivity contribution is -0.122. The van der Waals surface area contributed by atoms with Gasteiger partial charge in [0.2, 0.25) is 5.91 Å². The average molecular weight is 353 g/mol. The fourth-order valence-electron chi connectivity index (χ4n) is 3.57. The summed E-state index contributed by atoms with van der Waals surface area (Å²) in [6.07, 6.45) is 5.76. The summed E-state index contributed by atoms with van der Waals surface area (Å²) in [4.78, 5) is 24.2. The second-order valence-electron chi connectivity index (χ2n) is 7.19. The zero-order chi connectivity index (χ0) is 18.4. The van der Waals surface area contributed by atoms with Crippen molar-refractivity contribution in [1.82, 2.24) is 15.1 Å². The molecule has 1 amide bonds. The van der Waals surface area contributed by atoms with Crippen molar-refractivity contribution in [3.8, 4) is 11.3 Å². The normalized spacial score (nSPS) is 19.9. The van der Waals surface area contributed by atoms with E-state index in [4.69, 9.17) is 0 Å². The van der Waals surface area contributed by atoms with Gasteiger partial charge in [0.1, 0.15) is 0 Å². The lowest BCUT2D eigenvalue weighted by atomic mass is 9.86. The highest BCUT2D eigenvalue weighted by Gasteiger charge is 2.22. The van der Waals surface area contributed by atoms with E-state index >= 15 is 0 Å². The minimum Gasteiger partial charge on any atom is -0.353 e. The molecular weight excluding hydrogens is 326 g/mol. The molecule has 1 N–H and O–H groups in total. The standard InChI is InChI=1S/C21H27N3O2/c1-16-8-5-6-11-18(16)22-20(25)12-7-15-24-21(26)14-13-19(23-24)17-9-3-2-4-10-17/h2-4,9-10,13-14,16,18H,5-8,11-12,15H2,1H3,(H,22,25). The highest BCUT2D eigenvalue weighted by Crippen LogP contribution is 2.23. The number of rotatable bonds is 6. The van der Waals surface area contributed by atoms with E-state index in [1.165, 1.54) is 23.9 Å². The van der Waals surface area contributed by atoms with Crippen LogP contribution in [-0.2, 0) is 11.3 Å². The minimum absolute atomic E-state index is 0.0796. The van der Waals surface area contributed by atoms with Gasteiger partial charge in [-0.25, -0.2) is 4.68 Å². The molecule has 0 saturated heterocycles. The first-order chi connectivity index (χ1) is 12.6. The Hall–Kier alpha value is -2.43. The molecule has 0 radical (unpaired) electrons. The maximum absolute atomic E-state index is 12.2. The van der Waals surface area contributed by atoms with Gasteiger partial charge in [-0.05, 0) is 31.2 Å². The molecule has 0 spiro atoms. The number of hydrogen-bond acceptors (Lipinski definition) is 3. The minimum atomic E-state index is -0.133. The van der Waals surface area contributed by atoms with E-state index in [0.29, 0.717) is 31.3 Å². The fraction of sp³-hybridized carbons (Fsp3) is 0.476. The quantitative estimate of drug-likeness (QED) is 0.866. The van der Waals surface area contributed by atoms with E-state index in [9.17, 15) is 9.59 Å². The number of nitrogens with zero attached hydrogens (tertiary/aromatic N) is 2. The van der Waals surface area contributed by atoms with Crippen molar-refractivity contribution < 1.29 is 4.79 Å². The predicted molar refractivity (Wildman–Crippen MR) is 103 cm³/mol. The van der Waals surface area contributed by atoms with Crippen molar-refractivity contribution in [3.05, 3.63) is 52.8 Å². The molecule has 3 rings (SSSR count). The van der Waals surface area contributed by atoms with Gasteiger partial charge >= 0.3 is 0 Å². The molecule has 5 nitrogen and oxygen atoms in total. The number of amides is 1. The molecule has 1 aliphatic rings. The molecular formula is C21H27N3O2. The topological polar surface area (TPSA) is 64.0 Å². The van der Waals surface area contributed by atoms with Crippen LogP contribution in [-0.4, -0.2) is 21.7 Å². The largest absolute Gasteiger partial charge is 0.353 e. The van der Waals surface area contributed by atoms with E-state index in [1.807, 2.05) is 30.3 Å². The summed E-state index contributed by atoms with van der Waals surface area (Å²) in [7, 11) is 0. The maximum Gasteiger partial charge on any atom is 0.266 e. The molecule has 1 saturated carbocycles. The number of aryl methyl sites for hydroxylation is 1. The number of carbonyl (C=O) groups is 1. The molecule has 2 aromatic rings. The van der Waals surface area contributed by atoms with Gasteiger partial charge in [0, 0.05) is 30.6 Å². The zero-order valence-electron chi connectivity index (χ0n) is 15.4. The molecule has 0 aliphatic heterocycles. The first-order valence-electron chi connectivity index (χ1n) is 9.56. The van der Waals surface area contributed by atoms with Crippen LogP contribution in [0, 0.1) is 5.92 Å². The molecule has 1 fully saturated rings. The van der Waals surface area contributed by atoms with E-state index in [2.05, 4.69) is 17.3 Å². The maximum atomic E-state index is 12.2. The first-order valence-corrected chi connectivity index (χ1v) is 9.56. The van der Waals surface area contributed by atoms with Crippen LogP contribution in [0.3, 0.4) is 0 Å². The van der Waals surface area contributed by atoms with Crippen LogP contribution in [0.1, 0.15) is 45.4 Å². The smallest absolute Gasteiger partial charge is 0.266 e. The Labute approximate surface area is 154 Å². The molecule has 1 aromatic carbocycles. The van der Waals surface area contributed by atoms with Crippen LogP contribution in [0.5, 0.6) is 0 Å². The Morgan fingerprint density at radius 1 is 1.15 bits per heavy atom. The molecule has 2 unspecified atom stereocenters. The summed E-state index contributed by atoms with van der Waals surface area (Å²) >= 11 is 0. The summed E-state index contributed by atoms with van der Waals surface area (Å²) in [5.74, 6) is 0.635. The van der Waals surface area contributed by atoms with Crippen molar-refractivity contribution in [3.63, 3.8) is 0 Å². The number of nitrogens with one attached hydrogen (secondary N) is 1. The van der Waals surface area contributed by atoms with Crippen LogP contribution in [0.15, 0.2) is 47.3 Å². The van der Waals surface area contributed by atoms with Crippen molar-refractivity contribution >= 4 is 5.91 Å². The Bertz CT molecular complexity index is 785. The monoisotopic (exact) mass is 353 g/mol. The van der Waals surface area contributed by atoms with Crippen LogP contribution in [0.4, 0.5) is 0 Å². The highest BCUT2D eigenvalue weighted by molar-refractivity contribution is 5.76. The average Bonchev–Trinajstić information content (AvgIpc) is 2.66. The summed E-state index contributed by atoms with van der Waals surface area (Å²) in [6, 6.07) is 13.4. The Morgan fingerprint density at radius 2 is 1.92 bits per heavy atom. The van der Waals surface area contributed by atoms with Crippen LogP contribution in [0.2, 0.25) is 0 Å². The Kier molecular flexibility index (Phi) is 6.21. The van der Waals surface area contributed by atoms with Gasteiger partial charge in [-0.3, -0.25) is 9.59 Å². The van der Waals surface area contributed by atoms with Crippen molar-refractivity contribution in [2.75, 3.05) is 0 Å². The van der Waals surface area contributed by atoms with Crippen LogP contribution >= 0.6 is 0 Å². The predicted octanol–water partition coefficient (Wildman–Crippen LogP) is 3.39. The second-order valence-corrected chi connectivity index (χ2v) is 7.19. The highest BCUT2D eigenvalue weighted by atomic mass is 16.1. The van der Waals surface area contributed by atoms with Gasteiger partial charge in [0.05, 0.1) is 5.69 Å². The van der Waals surface area contributed by atoms with E-state index in [1.54, 1.807) is 12.1 Å². The number of aromatic nitrogens is 2. The van der Waals surface area contributed by atoms with E-state index in [-0.39, 0.29) is 11.5 Å². The molecule has 1 aromatic heterocycles. The summed E-state index contributed by atoms with van der Waals surface area (Å²) < 4.78 is 1.46. The third-order valence-electron chi connectivity index (χ3n) is 5.17. The lowest BCUT2D eigenvalue weighted by Crippen LogP contribution is -2.41. The number of benzene rings is 1. The first kappa shape index (κ1) is 18.4. The van der Waals surface area contributed by atoms with Crippen LogP contribution < -0.4 is 10.9 Å². The fourth-order valence-corrected chi connectivity index (χ4v) is 3.57. The van der Waals surface area contributed by atoms with Gasteiger partial charge in [-0.1, -0.05) is 50.1 Å². The lowest BCUT2D eigenvalue weighted by Gasteiger charge is -2.29.